The summed E-state index contributed by atoms with van der Waals surface area (Å²) in [7, 11) is -3.77. The monoisotopic (exact) mass is 652 g/mol. The first-order chi connectivity index (χ1) is 22.7. The maximum Gasteiger partial charge on any atom is 0.251 e. The zero-order chi connectivity index (χ0) is 33.1. The van der Waals surface area contributed by atoms with E-state index in [0.717, 1.165) is 54.7 Å². The van der Waals surface area contributed by atoms with Gasteiger partial charge in [-0.25, -0.2) is 13.6 Å². The van der Waals surface area contributed by atoms with E-state index in [4.69, 9.17) is 5.14 Å². The highest BCUT2D eigenvalue weighted by Crippen LogP contribution is 2.23. The predicted molar refractivity (Wildman–Crippen MR) is 186 cm³/mol. The molecule has 8 nitrogen and oxygen atoms in total. The molecule has 1 fully saturated rings. The second-order valence-electron chi connectivity index (χ2n) is 12.2. The van der Waals surface area contributed by atoms with Gasteiger partial charge in [0.2, 0.25) is 15.9 Å². The maximum absolute atomic E-state index is 13.6. The van der Waals surface area contributed by atoms with Gasteiger partial charge in [-0.2, -0.15) is 0 Å². The van der Waals surface area contributed by atoms with Crippen LogP contribution in [0.2, 0.25) is 0 Å². The number of primary sulfonamides is 1. The third-order valence-corrected chi connectivity index (χ3v) is 9.57. The molecule has 1 saturated heterocycles. The fraction of sp³-hybridized carbons (Fsp3) is 0.316. The highest BCUT2D eigenvalue weighted by atomic mass is 32.2. The van der Waals surface area contributed by atoms with Crippen molar-refractivity contribution in [1.29, 1.82) is 0 Å². The molecule has 3 N–H and O–H groups in total. The van der Waals surface area contributed by atoms with Crippen molar-refractivity contribution >= 4 is 21.8 Å². The van der Waals surface area contributed by atoms with Crippen molar-refractivity contribution in [3.8, 4) is 11.1 Å². The molecule has 0 aromatic heterocycles. The van der Waals surface area contributed by atoms with Crippen LogP contribution in [0.1, 0.15) is 52.7 Å². The number of hydrogen-bond donors (Lipinski definition) is 2. The Labute approximate surface area is 278 Å². The van der Waals surface area contributed by atoms with Crippen molar-refractivity contribution < 1.29 is 18.0 Å². The Morgan fingerprint density at radius 2 is 1.43 bits per heavy atom. The average Bonchev–Trinajstić information content (AvgIpc) is 3.61. The van der Waals surface area contributed by atoms with Crippen LogP contribution in [0.5, 0.6) is 0 Å². The minimum Gasteiger partial charge on any atom is -0.351 e. The minimum absolute atomic E-state index is 0.0653. The Morgan fingerprint density at radius 3 is 2.15 bits per heavy atom. The number of hydrogen-bond acceptors (Lipinski definition) is 5. The third kappa shape index (κ3) is 10.3. The quantitative estimate of drug-likeness (QED) is 0.178. The lowest BCUT2D eigenvalue weighted by atomic mass is 10.0. The molecule has 0 atom stereocenters. The number of aryl methyl sites for hydroxylation is 1. The summed E-state index contributed by atoms with van der Waals surface area (Å²) in [5, 5.41) is 8.32. The molecule has 2 amide bonds. The van der Waals surface area contributed by atoms with Gasteiger partial charge in [0, 0.05) is 38.2 Å². The van der Waals surface area contributed by atoms with E-state index in [1.165, 1.54) is 30.5 Å². The number of carbonyl (C=O) groups is 2. The van der Waals surface area contributed by atoms with E-state index in [0.29, 0.717) is 38.0 Å². The molecule has 246 valence electrons. The molecule has 0 spiro atoms. The summed E-state index contributed by atoms with van der Waals surface area (Å²) in [4.78, 5) is 30.8. The topological polar surface area (TPSA) is 113 Å². The molecule has 0 unspecified atom stereocenters. The summed E-state index contributed by atoms with van der Waals surface area (Å²) in [5.41, 5.74) is 5.65. The van der Waals surface area contributed by atoms with E-state index in [1.807, 2.05) is 65.6 Å². The normalized spacial score (nSPS) is 13.4. The number of benzene rings is 4. The second-order valence-corrected chi connectivity index (χ2v) is 13.7. The second kappa shape index (κ2) is 16.5. The van der Waals surface area contributed by atoms with Crippen molar-refractivity contribution in [3.05, 3.63) is 125 Å². The van der Waals surface area contributed by atoms with E-state index in [9.17, 15) is 18.0 Å². The van der Waals surface area contributed by atoms with Gasteiger partial charge >= 0.3 is 0 Å². The standard InChI is InChI=1S/C38H44N4O4S/c39-47(45,46)36-19-17-31(18-20-36)21-25-42(37(43)16-7-11-30-9-2-1-3-10-30)29-32-12-6-13-33(27-32)34-14-8-15-35(28-34)38(44)40-22-26-41-23-4-5-24-41/h1-3,6,8-10,12-15,17-20,27-28H,4-5,7,11,16,21-26,29H2,(H,40,44)(H2,39,45,46). The third-order valence-electron chi connectivity index (χ3n) is 8.64. The van der Waals surface area contributed by atoms with E-state index >= 15 is 0 Å². The molecule has 4 aromatic rings. The van der Waals surface area contributed by atoms with Crippen LogP contribution >= 0.6 is 0 Å². The zero-order valence-electron chi connectivity index (χ0n) is 26.8. The van der Waals surface area contributed by atoms with Crippen molar-refractivity contribution in [2.24, 2.45) is 5.14 Å². The number of carbonyl (C=O) groups excluding carboxylic acids is 2. The molecule has 0 saturated carbocycles. The van der Waals surface area contributed by atoms with E-state index in [2.05, 4.69) is 28.4 Å². The van der Waals surface area contributed by atoms with Gasteiger partial charge < -0.3 is 15.1 Å². The van der Waals surface area contributed by atoms with Crippen LogP contribution in [0.15, 0.2) is 108 Å². The average molecular weight is 653 g/mol. The smallest absolute Gasteiger partial charge is 0.251 e. The van der Waals surface area contributed by atoms with Gasteiger partial charge in [0.1, 0.15) is 0 Å². The van der Waals surface area contributed by atoms with Crippen molar-refractivity contribution in [3.63, 3.8) is 0 Å². The van der Waals surface area contributed by atoms with Gasteiger partial charge in [-0.05, 0) is 103 Å². The highest BCUT2D eigenvalue weighted by Gasteiger charge is 2.16. The molecule has 1 aliphatic rings. The Morgan fingerprint density at radius 1 is 0.766 bits per heavy atom. The van der Waals surface area contributed by atoms with Gasteiger partial charge in [0.25, 0.3) is 5.91 Å². The van der Waals surface area contributed by atoms with E-state index in [1.54, 1.807) is 12.1 Å². The molecule has 9 heteroatoms. The number of rotatable bonds is 15. The molecular formula is C38H44N4O4S. The number of nitrogens with zero attached hydrogens (tertiary/aromatic N) is 2. The van der Waals surface area contributed by atoms with E-state index in [-0.39, 0.29) is 16.7 Å². The number of nitrogens with one attached hydrogen (secondary N) is 1. The predicted octanol–water partition coefficient (Wildman–Crippen LogP) is 5.42. The van der Waals surface area contributed by atoms with Crippen molar-refractivity contribution in [2.45, 2.75) is 50.0 Å². The first kappa shape index (κ1) is 34.0. The van der Waals surface area contributed by atoms with Crippen LogP contribution in [0.4, 0.5) is 0 Å². The maximum atomic E-state index is 13.6. The molecule has 1 heterocycles. The highest BCUT2D eigenvalue weighted by molar-refractivity contribution is 7.89. The first-order valence-corrected chi connectivity index (χ1v) is 17.9. The van der Waals surface area contributed by atoms with Crippen LogP contribution in [0.3, 0.4) is 0 Å². The molecule has 0 radical (unpaired) electrons. The van der Waals surface area contributed by atoms with Crippen LogP contribution in [-0.4, -0.2) is 62.8 Å². The van der Waals surface area contributed by atoms with Crippen molar-refractivity contribution in [1.82, 2.24) is 15.1 Å². The molecule has 5 rings (SSSR count). The molecule has 4 aromatic carbocycles. The van der Waals surface area contributed by atoms with Crippen molar-refractivity contribution in [2.75, 3.05) is 32.7 Å². The summed E-state index contributed by atoms with van der Waals surface area (Å²) in [5.74, 6) is -0.00772. The Hall–Kier alpha value is -4.31. The van der Waals surface area contributed by atoms with Crippen LogP contribution < -0.4 is 10.5 Å². The fourth-order valence-electron chi connectivity index (χ4n) is 5.99. The summed E-state index contributed by atoms with van der Waals surface area (Å²) in [6.45, 7) is 4.62. The number of likely N-dealkylation sites (tertiary alicyclic amines) is 1. The number of nitrogens with two attached hydrogens (primary N) is 1. The van der Waals surface area contributed by atoms with Gasteiger partial charge in [0.05, 0.1) is 4.90 Å². The number of amides is 2. The lowest BCUT2D eigenvalue weighted by Crippen LogP contribution is -2.33. The fourth-order valence-corrected chi connectivity index (χ4v) is 6.51. The molecule has 1 aliphatic heterocycles. The van der Waals surface area contributed by atoms with Crippen LogP contribution in [0, 0.1) is 0 Å². The van der Waals surface area contributed by atoms with Gasteiger partial charge in [0.15, 0.2) is 0 Å². The molecule has 0 bridgehead atoms. The summed E-state index contributed by atoms with van der Waals surface area (Å²) >= 11 is 0. The summed E-state index contributed by atoms with van der Waals surface area (Å²) < 4.78 is 23.4. The summed E-state index contributed by atoms with van der Waals surface area (Å²) in [6, 6.07) is 32.4. The molecular weight excluding hydrogens is 609 g/mol. The molecule has 0 aliphatic carbocycles. The lowest BCUT2D eigenvalue weighted by molar-refractivity contribution is -0.131. The SMILES string of the molecule is NS(=O)(=O)c1ccc(CCN(Cc2cccc(-c3cccc(C(=O)NCCN4CCCC4)c3)c2)C(=O)CCCc2ccccc2)cc1. The zero-order valence-corrected chi connectivity index (χ0v) is 27.6. The van der Waals surface area contributed by atoms with Crippen LogP contribution in [-0.2, 0) is 34.2 Å². The Kier molecular flexibility index (Phi) is 11.9. The van der Waals surface area contributed by atoms with E-state index < -0.39 is 10.0 Å². The molecule has 47 heavy (non-hydrogen) atoms. The van der Waals surface area contributed by atoms with Gasteiger partial charge in [-0.3, -0.25) is 9.59 Å². The minimum atomic E-state index is -3.77. The largest absolute Gasteiger partial charge is 0.351 e. The Balaban J connectivity index is 1.26. The number of sulfonamides is 1. The first-order valence-electron chi connectivity index (χ1n) is 16.4. The van der Waals surface area contributed by atoms with Gasteiger partial charge in [-0.15, -0.1) is 0 Å². The lowest BCUT2D eigenvalue weighted by Gasteiger charge is -2.24. The summed E-state index contributed by atoms with van der Waals surface area (Å²) in [6.07, 6.45) is 5.03. The van der Waals surface area contributed by atoms with Crippen LogP contribution in [0.25, 0.3) is 11.1 Å². The van der Waals surface area contributed by atoms with Gasteiger partial charge in [-0.1, -0.05) is 72.8 Å². The Bertz CT molecular complexity index is 1740.